The first-order valence-corrected chi connectivity index (χ1v) is 16.8. The molecular weight excluding hydrogens is 608 g/mol. The summed E-state index contributed by atoms with van der Waals surface area (Å²) in [6.07, 6.45) is 1.63. The van der Waals surface area contributed by atoms with Crippen molar-refractivity contribution in [2.45, 2.75) is 84.3 Å². The quantitative estimate of drug-likeness (QED) is 0.251. The third-order valence-electron chi connectivity index (χ3n) is 9.06. The molecule has 0 aromatic heterocycles. The molecule has 254 valence electrons. The van der Waals surface area contributed by atoms with Crippen molar-refractivity contribution in [2.24, 2.45) is 17.3 Å². The minimum absolute atomic E-state index is 0.0345. The zero-order valence-corrected chi connectivity index (χ0v) is 28.3. The van der Waals surface area contributed by atoms with Gasteiger partial charge in [0.1, 0.15) is 18.2 Å². The van der Waals surface area contributed by atoms with E-state index >= 15 is 0 Å². The Balaban J connectivity index is 1.42. The summed E-state index contributed by atoms with van der Waals surface area (Å²) >= 11 is 0. The molecule has 6 atom stereocenters. The Kier molecular flexibility index (Phi) is 11.0. The third-order valence-corrected chi connectivity index (χ3v) is 9.06. The van der Waals surface area contributed by atoms with E-state index in [0.717, 1.165) is 21.9 Å². The van der Waals surface area contributed by atoms with Crippen LogP contribution >= 0.6 is 0 Å². The van der Waals surface area contributed by atoms with Crippen molar-refractivity contribution in [3.05, 3.63) is 96.1 Å². The van der Waals surface area contributed by atoms with Crippen molar-refractivity contribution in [3.8, 4) is 0 Å². The maximum absolute atomic E-state index is 13.6. The SMILES string of the molecule is CC(C)C[C@@H]1OC(=O)C(C)(C)CNC(=O)[C@@H](Cc2cccc3ccccc23)NC(=O)/C=C/C[C@@H]([C@H](C)[C@@H]2O[C@H]2c2ccccc2)OC1=O. The number of amides is 2. The first-order chi connectivity index (χ1) is 22.9. The molecule has 2 N–H and O–H groups in total. The van der Waals surface area contributed by atoms with Gasteiger partial charge in [0.25, 0.3) is 0 Å². The van der Waals surface area contributed by atoms with Crippen molar-refractivity contribution in [3.63, 3.8) is 0 Å². The number of cyclic esters (lactones) is 2. The van der Waals surface area contributed by atoms with Crippen molar-refractivity contribution < 1.29 is 33.4 Å². The lowest BCUT2D eigenvalue weighted by atomic mass is 9.92. The van der Waals surface area contributed by atoms with E-state index in [0.29, 0.717) is 0 Å². The summed E-state index contributed by atoms with van der Waals surface area (Å²) in [5.41, 5.74) is 0.765. The van der Waals surface area contributed by atoms with Gasteiger partial charge in [-0.25, -0.2) is 4.79 Å². The average Bonchev–Trinajstić information content (AvgIpc) is 3.87. The van der Waals surface area contributed by atoms with Gasteiger partial charge in [-0.1, -0.05) is 99.6 Å². The van der Waals surface area contributed by atoms with Crippen LogP contribution in [0.25, 0.3) is 10.8 Å². The monoisotopic (exact) mass is 654 g/mol. The molecular formula is C39H46N2O7. The molecule has 2 aliphatic rings. The van der Waals surface area contributed by atoms with Gasteiger partial charge < -0.3 is 24.8 Å². The van der Waals surface area contributed by atoms with Crippen LogP contribution in [0.5, 0.6) is 0 Å². The molecule has 0 radical (unpaired) electrons. The largest absolute Gasteiger partial charge is 0.459 e. The fourth-order valence-electron chi connectivity index (χ4n) is 6.08. The Hall–Kier alpha value is -4.50. The topological polar surface area (TPSA) is 123 Å². The van der Waals surface area contributed by atoms with E-state index in [1.165, 1.54) is 6.08 Å². The van der Waals surface area contributed by atoms with E-state index in [9.17, 15) is 19.2 Å². The maximum Gasteiger partial charge on any atom is 0.347 e. The number of epoxide rings is 1. The van der Waals surface area contributed by atoms with Crippen LogP contribution < -0.4 is 10.6 Å². The number of benzene rings is 3. The van der Waals surface area contributed by atoms with E-state index in [1.807, 2.05) is 93.6 Å². The molecule has 2 amide bonds. The average molecular weight is 655 g/mol. The highest BCUT2D eigenvalue weighted by Crippen LogP contribution is 2.45. The summed E-state index contributed by atoms with van der Waals surface area (Å²) < 4.78 is 17.9. The van der Waals surface area contributed by atoms with Gasteiger partial charge in [-0.15, -0.1) is 0 Å². The summed E-state index contributed by atoms with van der Waals surface area (Å²) in [6, 6.07) is 22.7. The van der Waals surface area contributed by atoms with Crippen LogP contribution in [-0.2, 0) is 39.8 Å². The second-order valence-electron chi connectivity index (χ2n) is 13.9. The van der Waals surface area contributed by atoms with Gasteiger partial charge in [-0.05, 0) is 54.2 Å². The number of hydrogen-bond acceptors (Lipinski definition) is 7. The van der Waals surface area contributed by atoms with E-state index < -0.39 is 47.4 Å². The Morgan fingerprint density at radius 3 is 2.33 bits per heavy atom. The zero-order valence-electron chi connectivity index (χ0n) is 28.3. The first kappa shape index (κ1) is 34.8. The van der Waals surface area contributed by atoms with Crippen LogP contribution in [0, 0.1) is 17.3 Å². The lowest BCUT2D eigenvalue weighted by Crippen LogP contribution is -2.51. The third kappa shape index (κ3) is 8.69. The first-order valence-electron chi connectivity index (χ1n) is 16.8. The van der Waals surface area contributed by atoms with Gasteiger partial charge >= 0.3 is 11.9 Å². The molecule has 0 unspecified atom stereocenters. The summed E-state index contributed by atoms with van der Waals surface area (Å²) in [6.45, 7) is 9.06. The Labute approximate surface area is 282 Å². The second kappa shape index (κ2) is 15.2. The van der Waals surface area contributed by atoms with Crippen LogP contribution in [0.1, 0.15) is 64.7 Å². The van der Waals surface area contributed by atoms with E-state index in [4.69, 9.17) is 14.2 Å². The van der Waals surface area contributed by atoms with E-state index in [-0.39, 0.29) is 49.9 Å². The minimum atomic E-state index is -1.17. The van der Waals surface area contributed by atoms with Crippen molar-refractivity contribution in [1.82, 2.24) is 10.6 Å². The van der Waals surface area contributed by atoms with Crippen molar-refractivity contribution >= 4 is 34.5 Å². The summed E-state index contributed by atoms with van der Waals surface area (Å²) in [7, 11) is 0. The number of carbonyl (C=O) groups excluding carboxylic acids is 4. The lowest BCUT2D eigenvalue weighted by Gasteiger charge is -2.29. The molecule has 2 aliphatic heterocycles. The highest BCUT2D eigenvalue weighted by molar-refractivity contribution is 5.94. The highest BCUT2D eigenvalue weighted by atomic mass is 16.6. The van der Waals surface area contributed by atoms with Gasteiger partial charge in [-0.2, -0.15) is 0 Å². The van der Waals surface area contributed by atoms with E-state index in [1.54, 1.807) is 19.9 Å². The molecule has 0 aliphatic carbocycles. The van der Waals surface area contributed by atoms with Gasteiger partial charge in [0.05, 0.1) is 11.5 Å². The van der Waals surface area contributed by atoms with Gasteiger partial charge in [0.15, 0.2) is 6.10 Å². The van der Waals surface area contributed by atoms with Gasteiger partial charge in [0, 0.05) is 25.3 Å². The normalized spacial score (nSPS) is 26.6. The standard InChI is InChI=1S/C39H46N2O7/c1-24(2)21-32-37(44)46-31(25(3)34-35(48-34)27-14-7-6-8-15-27)19-12-20-33(42)41-30(36(43)40-23-39(4,5)38(45)47-32)22-28-17-11-16-26-13-9-10-18-29(26)28/h6-18,20,24-25,30-32,34-35H,19,21-23H2,1-5H3,(H,40,43)(H,41,42)/b20-12+/t25-,30+,31-,32-,34-,35-/m0/s1. The molecule has 0 spiro atoms. The number of hydrogen-bond donors (Lipinski definition) is 2. The zero-order chi connectivity index (χ0) is 34.4. The van der Waals surface area contributed by atoms with Crippen molar-refractivity contribution in [1.29, 1.82) is 0 Å². The number of rotatable bonds is 7. The van der Waals surface area contributed by atoms with E-state index in [2.05, 4.69) is 10.6 Å². The molecule has 3 aromatic rings. The summed E-state index contributed by atoms with van der Waals surface area (Å²) in [4.78, 5) is 54.0. The number of esters is 2. The number of ether oxygens (including phenoxy) is 3. The number of fused-ring (bicyclic) bond motifs is 1. The molecule has 9 nitrogen and oxygen atoms in total. The van der Waals surface area contributed by atoms with Crippen LogP contribution in [0.2, 0.25) is 0 Å². The molecule has 5 rings (SSSR count). The predicted molar refractivity (Wildman–Crippen MR) is 183 cm³/mol. The smallest absolute Gasteiger partial charge is 0.347 e. The molecule has 2 heterocycles. The van der Waals surface area contributed by atoms with Crippen LogP contribution in [-0.4, -0.2) is 54.7 Å². The summed E-state index contributed by atoms with van der Waals surface area (Å²) in [5.74, 6) is -2.37. The van der Waals surface area contributed by atoms with Gasteiger partial charge in [-0.3, -0.25) is 14.4 Å². The molecule has 9 heteroatoms. The highest BCUT2D eigenvalue weighted by Gasteiger charge is 2.48. The summed E-state index contributed by atoms with van der Waals surface area (Å²) in [5, 5.41) is 7.71. The maximum atomic E-state index is 13.6. The molecule has 3 aromatic carbocycles. The molecule has 1 saturated heterocycles. The van der Waals surface area contributed by atoms with Crippen molar-refractivity contribution in [2.75, 3.05) is 6.54 Å². The number of nitrogens with one attached hydrogen (secondary N) is 2. The van der Waals surface area contributed by atoms with Crippen LogP contribution in [0.15, 0.2) is 84.9 Å². The van der Waals surface area contributed by atoms with Crippen LogP contribution in [0.4, 0.5) is 0 Å². The molecule has 48 heavy (non-hydrogen) atoms. The predicted octanol–water partition coefficient (Wildman–Crippen LogP) is 5.62. The lowest BCUT2D eigenvalue weighted by molar-refractivity contribution is -0.179. The molecule has 0 saturated carbocycles. The second-order valence-corrected chi connectivity index (χ2v) is 13.9. The minimum Gasteiger partial charge on any atom is -0.459 e. The molecule has 1 fully saturated rings. The fourth-order valence-corrected chi connectivity index (χ4v) is 6.08. The number of carbonyl (C=O) groups is 4. The van der Waals surface area contributed by atoms with Gasteiger partial charge in [0.2, 0.25) is 11.8 Å². The molecule has 0 bridgehead atoms. The fraction of sp³-hybridized carbons (Fsp3) is 0.436. The Bertz CT molecular complexity index is 1650. The Morgan fingerprint density at radius 2 is 1.58 bits per heavy atom. The van der Waals surface area contributed by atoms with Crippen LogP contribution in [0.3, 0.4) is 0 Å². The Morgan fingerprint density at radius 1 is 0.875 bits per heavy atom.